The fourth-order valence-electron chi connectivity index (χ4n) is 5.78. The topological polar surface area (TPSA) is 33.9 Å². The smallest absolute Gasteiger partial charge is 0.137 e. The summed E-state index contributed by atoms with van der Waals surface area (Å²) in [4.78, 5) is 1.59. The Hall–Kier alpha value is -1.06. The molecule has 1 saturated heterocycles. The molecule has 0 spiro atoms. The second kappa shape index (κ2) is 7.16. The molecule has 146 valence electrons. The molecule has 1 heterocycles. The third kappa shape index (κ3) is 4.43. The number of likely N-dealkylation sites (tertiary alicyclic amines) is 1. The van der Waals surface area contributed by atoms with Gasteiger partial charge >= 0.3 is 0 Å². The average Bonchev–Trinajstić information content (AvgIpc) is 2.73. The third-order valence-corrected chi connectivity index (χ3v) is 6.39. The molecule has 3 heteroatoms. The average molecular weight is 361 g/mol. The fourth-order valence-corrected chi connectivity index (χ4v) is 5.78. The van der Waals surface area contributed by atoms with E-state index < -0.39 is 6.10 Å². The Labute approximate surface area is 159 Å². The standard InChI is InChI=1S/C23H37NO2/c1-16(2)20-8-7-17(3)9-21(20)26-13-19(25)12-24-15-23(6)11-18(24)10-22(4,5)14-23/h7-9,16,18-19,25H,10-15H2,1-6H3/p+1/t18-,19-,23-/m0/s1. The van der Waals surface area contributed by atoms with Crippen LogP contribution < -0.4 is 9.64 Å². The molecule has 1 aromatic carbocycles. The first-order valence-electron chi connectivity index (χ1n) is 10.3. The van der Waals surface area contributed by atoms with E-state index in [2.05, 4.69) is 59.7 Å². The summed E-state index contributed by atoms with van der Waals surface area (Å²) in [5.74, 6) is 1.36. The van der Waals surface area contributed by atoms with Crippen molar-refractivity contribution in [3.05, 3.63) is 29.3 Å². The van der Waals surface area contributed by atoms with E-state index in [0.29, 0.717) is 29.4 Å². The maximum atomic E-state index is 10.7. The van der Waals surface area contributed by atoms with Gasteiger partial charge in [0.25, 0.3) is 0 Å². The number of fused-ring (bicyclic) bond motifs is 2. The largest absolute Gasteiger partial charge is 0.490 e. The molecule has 1 unspecified atom stereocenters. The van der Waals surface area contributed by atoms with Crippen molar-refractivity contribution in [1.29, 1.82) is 0 Å². The van der Waals surface area contributed by atoms with Crippen LogP contribution in [0.4, 0.5) is 0 Å². The number of benzene rings is 1. The first kappa shape index (κ1) is 19.7. The van der Waals surface area contributed by atoms with Crippen molar-refractivity contribution >= 4 is 0 Å². The second-order valence-electron chi connectivity index (χ2n) is 10.5. The highest BCUT2D eigenvalue weighted by molar-refractivity contribution is 5.39. The van der Waals surface area contributed by atoms with Gasteiger partial charge in [-0.3, -0.25) is 0 Å². The number of hydrogen-bond donors (Lipinski definition) is 2. The molecule has 0 radical (unpaired) electrons. The van der Waals surface area contributed by atoms with E-state index in [1.165, 1.54) is 36.9 Å². The molecule has 2 fully saturated rings. The number of quaternary nitrogens is 1. The number of rotatable bonds is 6. The van der Waals surface area contributed by atoms with Gasteiger partial charge in [-0.05, 0) is 41.9 Å². The Bertz CT molecular complexity index is 639. The van der Waals surface area contributed by atoms with Crippen molar-refractivity contribution in [3.63, 3.8) is 0 Å². The van der Waals surface area contributed by atoms with Gasteiger partial charge in [0.15, 0.2) is 0 Å². The lowest BCUT2D eigenvalue weighted by Crippen LogP contribution is -3.15. The zero-order chi connectivity index (χ0) is 19.1. The summed E-state index contributed by atoms with van der Waals surface area (Å²) < 4.78 is 6.07. The van der Waals surface area contributed by atoms with Crippen LogP contribution in [0.5, 0.6) is 5.75 Å². The van der Waals surface area contributed by atoms with Crippen LogP contribution in [0.15, 0.2) is 18.2 Å². The van der Waals surface area contributed by atoms with Crippen LogP contribution in [0, 0.1) is 17.8 Å². The molecule has 4 atom stereocenters. The molecule has 3 nitrogen and oxygen atoms in total. The molecule has 1 aromatic rings. The summed E-state index contributed by atoms with van der Waals surface area (Å²) >= 11 is 0. The summed E-state index contributed by atoms with van der Waals surface area (Å²) in [6.45, 7) is 16.1. The zero-order valence-electron chi connectivity index (χ0n) is 17.6. The predicted octanol–water partition coefficient (Wildman–Crippen LogP) is 3.34. The number of aliphatic hydroxyl groups is 1. The third-order valence-electron chi connectivity index (χ3n) is 6.39. The Balaban J connectivity index is 1.59. The lowest BCUT2D eigenvalue weighted by atomic mass is 9.65. The molecule has 1 saturated carbocycles. The maximum absolute atomic E-state index is 10.7. The molecular weight excluding hydrogens is 322 g/mol. The normalized spacial score (nSPS) is 31.2. The first-order valence-corrected chi connectivity index (χ1v) is 10.3. The van der Waals surface area contributed by atoms with E-state index >= 15 is 0 Å². The Morgan fingerprint density at radius 3 is 2.65 bits per heavy atom. The minimum atomic E-state index is -0.406. The predicted molar refractivity (Wildman–Crippen MR) is 107 cm³/mol. The van der Waals surface area contributed by atoms with Crippen LogP contribution in [-0.4, -0.2) is 36.9 Å². The van der Waals surface area contributed by atoms with Crippen molar-refractivity contribution in [2.24, 2.45) is 10.8 Å². The molecule has 2 bridgehead atoms. The van der Waals surface area contributed by atoms with Crippen molar-refractivity contribution < 1.29 is 14.7 Å². The molecule has 26 heavy (non-hydrogen) atoms. The van der Waals surface area contributed by atoms with Gasteiger partial charge in [0.2, 0.25) is 0 Å². The summed E-state index contributed by atoms with van der Waals surface area (Å²) in [6.07, 6.45) is 3.50. The fraction of sp³-hybridized carbons (Fsp3) is 0.739. The summed E-state index contributed by atoms with van der Waals surface area (Å²) in [5.41, 5.74) is 3.31. The minimum Gasteiger partial charge on any atom is -0.490 e. The van der Waals surface area contributed by atoms with Crippen LogP contribution in [0.3, 0.4) is 0 Å². The van der Waals surface area contributed by atoms with Crippen LogP contribution in [0.1, 0.15) is 70.9 Å². The second-order valence-corrected chi connectivity index (χ2v) is 10.5. The first-order chi connectivity index (χ1) is 12.1. The van der Waals surface area contributed by atoms with E-state index in [1.807, 2.05) is 0 Å². The minimum absolute atomic E-state index is 0.388. The molecule has 1 aliphatic heterocycles. The van der Waals surface area contributed by atoms with E-state index in [9.17, 15) is 5.11 Å². The SMILES string of the molecule is Cc1ccc(C(C)C)c(OC[C@@H](O)C[NH+]2C[C@@]3(C)C[C@@H]2CC(C)(C)C3)c1. The lowest BCUT2D eigenvalue weighted by Gasteiger charge is -2.37. The van der Waals surface area contributed by atoms with Gasteiger partial charge in [-0.2, -0.15) is 0 Å². The molecular formula is C23H38NO2+. The van der Waals surface area contributed by atoms with Crippen LogP contribution in [0.25, 0.3) is 0 Å². The number of nitrogens with one attached hydrogen (secondary N) is 1. The van der Waals surface area contributed by atoms with Crippen LogP contribution >= 0.6 is 0 Å². The highest BCUT2D eigenvalue weighted by Crippen LogP contribution is 2.47. The van der Waals surface area contributed by atoms with Crippen molar-refractivity contribution in [2.45, 2.75) is 78.9 Å². The van der Waals surface area contributed by atoms with E-state index in [1.54, 1.807) is 4.90 Å². The molecule has 1 aliphatic carbocycles. The Kier molecular flexibility index (Phi) is 5.43. The van der Waals surface area contributed by atoms with Gasteiger partial charge in [-0.15, -0.1) is 0 Å². The van der Waals surface area contributed by atoms with Gasteiger partial charge in [-0.1, -0.05) is 46.8 Å². The summed E-state index contributed by atoms with van der Waals surface area (Å²) in [6, 6.07) is 7.08. The number of aryl methyl sites for hydroxylation is 1. The van der Waals surface area contributed by atoms with Gasteiger partial charge in [-0.25, -0.2) is 0 Å². The summed E-state index contributed by atoms with van der Waals surface area (Å²) in [7, 11) is 0. The van der Waals surface area contributed by atoms with Crippen LogP contribution in [0.2, 0.25) is 0 Å². The van der Waals surface area contributed by atoms with E-state index in [0.717, 1.165) is 12.3 Å². The van der Waals surface area contributed by atoms with Gasteiger partial charge in [0.1, 0.15) is 25.0 Å². The quantitative estimate of drug-likeness (QED) is 0.816. The maximum Gasteiger partial charge on any atom is 0.137 e. The number of hydrogen-bond acceptors (Lipinski definition) is 2. The van der Waals surface area contributed by atoms with Crippen molar-refractivity contribution in [3.8, 4) is 5.75 Å². The zero-order valence-corrected chi connectivity index (χ0v) is 17.6. The van der Waals surface area contributed by atoms with Gasteiger partial charge in [0, 0.05) is 18.3 Å². The van der Waals surface area contributed by atoms with E-state index in [4.69, 9.17) is 4.74 Å². The highest BCUT2D eigenvalue weighted by atomic mass is 16.5. The van der Waals surface area contributed by atoms with E-state index in [-0.39, 0.29) is 0 Å². The summed E-state index contributed by atoms with van der Waals surface area (Å²) in [5, 5.41) is 10.7. The Morgan fingerprint density at radius 1 is 1.23 bits per heavy atom. The number of ether oxygens (including phenoxy) is 1. The molecule has 0 amide bonds. The molecule has 2 aliphatic rings. The molecule has 2 N–H and O–H groups in total. The molecule has 3 rings (SSSR count). The molecule has 0 aromatic heterocycles. The Morgan fingerprint density at radius 2 is 1.96 bits per heavy atom. The van der Waals surface area contributed by atoms with Gasteiger partial charge < -0.3 is 14.7 Å². The number of aliphatic hydroxyl groups excluding tert-OH is 1. The van der Waals surface area contributed by atoms with Gasteiger partial charge in [0.05, 0.1) is 12.6 Å². The monoisotopic (exact) mass is 360 g/mol. The van der Waals surface area contributed by atoms with Crippen molar-refractivity contribution in [2.75, 3.05) is 19.7 Å². The lowest BCUT2D eigenvalue weighted by molar-refractivity contribution is -0.917. The van der Waals surface area contributed by atoms with Crippen LogP contribution in [-0.2, 0) is 0 Å². The highest BCUT2D eigenvalue weighted by Gasteiger charge is 2.52. The van der Waals surface area contributed by atoms with Crippen molar-refractivity contribution in [1.82, 2.24) is 0 Å².